The normalized spacial score (nSPS) is 11.6. The summed E-state index contributed by atoms with van der Waals surface area (Å²) >= 11 is 5.54. The Labute approximate surface area is 102 Å². The number of rotatable bonds is 6. The Hall–Kier alpha value is -0.990. The fourth-order valence-electron chi connectivity index (χ4n) is 1.27. The second-order valence-electron chi connectivity index (χ2n) is 3.80. The van der Waals surface area contributed by atoms with Crippen molar-refractivity contribution in [2.24, 2.45) is 0 Å². The van der Waals surface area contributed by atoms with Gasteiger partial charge in [-0.2, -0.15) is 0 Å². The van der Waals surface area contributed by atoms with Crippen molar-refractivity contribution in [3.05, 3.63) is 40.9 Å². The van der Waals surface area contributed by atoms with Gasteiger partial charge in [-0.05, 0) is 37.1 Å². The predicted molar refractivity (Wildman–Crippen MR) is 69.2 cm³/mol. The molecular formula is C13H18ClNO. The van der Waals surface area contributed by atoms with E-state index in [2.05, 4.69) is 18.3 Å². The van der Waals surface area contributed by atoms with Gasteiger partial charge < -0.3 is 10.1 Å². The highest BCUT2D eigenvalue weighted by molar-refractivity contribution is 6.25. The van der Waals surface area contributed by atoms with Crippen molar-refractivity contribution in [2.75, 3.05) is 19.7 Å². The lowest BCUT2D eigenvalue weighted by atomic mass is 10.2. The van der Waals surface area contributed by atoms with Gasteiger partial charge in [0.1, 0.15) is 12.4 Å². The molecule has 0 aliphatic rings. The summed E-state index contributed by atoms with van der Waals surface area (Å²) < 4.78 is 5.59. The van der Waals surface area contributed by atoms with E-state index in [0.717, 1.165) is 24.4 Å². The largest absolute Gasteiger partial charge is 0.492 e. The molecule has 0 aliphatic heterocycles. The van der Waals surface area contributed by atoms with Gasteiger partial charge in [0.25, 0.3) is 0 Å². The number of benzene rings is 1. The zero-order chi connectivity index (χ0) is 11.8. The van der Waals surface area contributed by atoms with Crippen LogP contribution in [0.5, 0.6) is 5.75 Å². The van der Waals surface area contributed by atoms with Crippen LogP contribution in [0.3, 0.4) is 0 Å². The second-order valence-corrected chi connectivity index (χ2v) is 4.02. The van der Waals surface area contributed by atoms with Crippen LogP contribution >= 0.6 is 11.6 Å². The summed E-state index contributed by atoms with van der Waals surface area (Å²) in [5.41, 5.74) is 3.93. The molecular weight excluding hydrogens is 222 g/mol. The van der Waals surface area contributed by atoms with E-state index in [1.165, 1.54) is 5.56 Å². The molecule has 0 atom stereocenters. The molecule has 0 spiro atoms. The maximum atomic E-state index is 5.59. The lowest BCUT2D eigenvalue weighted by Crippen LogP contribution is -2.22. The highest BCUT2D eigenvalue weighted by Crippen LogP contribution is 2.11. The number of nitrogens with one attached hydrogen (secondary N) is 1. The minimum atomic E-state index is 0.666. The van der Waals surface area contributed by atoms with Crippen LogP contribution in [-0.4, -0.2) is 19.7 Å². The molecule has 0 fully saturated rings. The van der Waals surface area contributed by atoms with Crippen LogP contribution in [0.15, 0.2) is 35.4 Å². The molecule has 1 aromatic rings. The van der Waals surface area contributed by atoms with Crippen LogP contribution < -0.4 is 10.1 Å². The molecule has 0 aromatic heterocycles. The van der Waals surface area contributed by atoms with E-state index in [-0.39, 0.29) is 0 Å². The van der Waals surface area contributed by atoms with Crippen molar-refractivity contribution in [3.8, 4) is 5.75 Å². The molecule has 1 rings (SSSR count). The zero-order valence-electron chi connectivity index (χ0n) is 9.79. The molecule has 0 bridgehead atoms. The van der Waals surface area contributed by atoms with Gasteiger partial charge in [0.05, 0.1) is 0 Å². The molecule has 2 nitrogen and oxygen atoms in total. The van der Waals surface area contributed by atoms with Crippen LogP contribution in [0.4, 0.5) is 0 Å². The summed E-state index contributed by atoms with van der Waals surface area (Å²) in [7, 11) is 0. The van der Waals surface area contributed by atoms with E-state index in [1.807, 2.05) is 25.1 Å². The molecule has 0 unspecified atom stereocenters. The van der Waals surface area contributed by atoms with Gasteiger partial charge in [-0.25, -0.2) is 0 Å². The highest BCUT2D eigenvalue weighted by atomic mass is 35.5. The molecule has 0 aliphatic carbocycles. The van der Waals surface area contributed by atoms with Crippen LogP contribution in [0, 0.1) is 6.92 Å². The Bertz CT molecular complexity index is 350. The van der Waals surface area contributed by atoms with Crippen molar-refractivity contribution < 1.29 is 4.74 Å². The van der Waals surface area contributed by atoms with E-state index in [1.54, 1.807) is 5.54 Å². The van der Waals surface area contributed by atoms with E-state index in [4.69, 9.17) is 16.3 Å². The Balaban J connectivity index is 2.16. The van der Waals surface area contributed by atoms with Crippen LogP contribution in [-0.2, 0) is 0 Å². The highest BCUT2D eigenvalue weighted by Gasteiger charge is 1.94. The van der Waals surface area contributed by atoms with E-state index >= 15 is 0 Å². The first-order chi connectivity index (χ1) is 7.72. The van der Waals surface area contributed by atoms with Crippen LogP contribution in [0.2, 0.25) is 0 Å². The predicted octanol–water partition coefficient (Wildman–Crippen LogP) is 3.11. The molecule has 0 radical (unpaired) electrons. The van der Waals surface area contributed by atoms with E-state index in [0.29, 0.717) is 6.61 Å². The maximum absolute atomic E-state index is 5.59. The molecule has 1 aromatic carbocycles. The third kappa shape index (κ3) is 5.19. The first-order valence-corrected chi connectivity index (χ1v) is 5.82. The van der Waals surface area contributed by atoms with Gasteiger partial charge in [0, 0.05) is 18.6 Å². The topological polar surface area (TPSA) is 21.3 Å². The van der Waals surface area contributed by atoms with Gasteiger partial charge in [-0.15, -0.1) is 0 Å². The van der Waals surface area contributed by atoms with Gasteiger partial charge in [0.15, 0.2) is 0 Å². The first kappa shape index (κ1) is 13.1. The fourth-order valence-corrected chi connectivity index (χ4v) is 1.35. The molecule has 0 saturated heterocycles. The third-order valence-corrected chi connectivity index (χ3v) is 2.50. The minimum Gasteiger partial charge on any atom is -0.492 e. The van der Waals surface area contributed by atoms with E-state index in [9.17, 15) is 0 Å². The summed E-state index contributed by atoms with van der Waals surface area (Å²) in [5.74, 6) is 0.923. The quantitative estimate of drug-likeness (QED) is 0.771. The van der Waals surface area contributed by atoms with Crippen molar-refractivity contribution in [3.63, 3.8) is 0 Å². The molecule has 0 heterocycles. The SMILES string of the molecule is C/C(=C/Cl)CNCCOc1cccc(C)c1. The standard InChI is InChI=1S/C13H18ClNO/c1-11-4-3-5-13(8-11)16-7-6-15-10-12(2)9-14/h3-5,8-9,15H,6-7,10H2,1-2H3/b12-9-. The van der Waals surface area contributed by atoms with Crippen molar-refractivity contribution in [1.29, 1.82) is 0 Å². The zero-order valence-corrected chi connectivity index (χ0v) is 10.6. The van der Waals surface area contributed by atoms with Crippen molar-refractivity contribution in [2.45, 2.75) is 13.8 Å². The molecule has 88 valence electrons. The fraction of sp³-hybridized carbons (Fsp3) is 0.385. The Morgan fingerprint density at radius 1 is 1.50 bits per heavy atom. The number of aryl methyl sites for hydroxylation is 1. The van der Waals surface area contributed by atoms with Gasteiger partial charge >= 0.3 is 0 Å². The second kappa shape index (κ2) is 7.31. The van der Waals surface area contributed by atoms with Crippen molar-refractivity contribution >= 4 is 11.6 Å². The average Bonchev–Trinajstić information content (AvgIpc) is 2.28. The van der Waals surface area contributed by atoms with Crippen molar-refractivity contribution in [1.82, 2.24) is 5.32 Å². The van der Waals surface area contributed by atoms with Gasteiger partial charge in [-0.1, -0.05) is 23.7 Å². The summed E-state index contributed by atoms with van der Waals surface area (Å²) in [6.07, 6.45) is 0. The molecule has 1 N–H and O–H groups in total. The smallest absolute Gasteiger partial charge is 0.119 e. The molecule has 16 heavy (non-hydrogen) atoms. The Morgan fingerprint density at radius 2 is 2.31 bits per heavy atom. The summed E-state index contributed by atoms with van der Waals surface area (Å²) in [6, 6.07) is 8.05. The third-order valence-electron chi connectivity index (χ3n) is 2.13. The average molecular weight is 240 g/mol. The summed E-state index contributed by atoms with van der Waals surface area (Å²) in [6.45, 7) is 6.33. The van der Waals surface area contributed by atoms with E-state index < -0.39 is 0 Å². The molecule has 0 amide bonds. The molecule has 3 heteroatoms. The van der Waals surface area contributed by atoms with Crippen LogP contribution in [0.25, 0.3) is 0 Å². The Morgan fingerprint density at radius 3 is 3.00 bits per heavy atom. The maximum Gasteiger partial charge on any atom is 0.119 e. The number of ether oxygens (including phenoxy) is 1. The lowest BCUT2D eigenvalue weighted by molar-refractivity contribution is 0.316. The van der Waals surface area contributed by atoms with Crippen LogP contribution in [0.1, 0.15) is 12.5 Å². The Kier molecular flexibility index (Phi) is 5.98. The van der Waals surface area contributed by atoms with Gasteiger partial charge in [-0.3, -0.25) is 0 Å². The minimum absolute atomic E-state index is 0.666. The number of hydrogen-bond donors (Lipinski definition) is 1. The van der Waals surface area contributed by atoms with Gasteiger partial charge in [0.2, 0.25) is 0 Å². The molecule has 0 saturated carbocycles. The lowest BCUT2D eigenvalue weighted by Gasteiger charge is -2.08. The summed E-state index contributed by atoms with van der Waals surface area (Å²) in [5, 5.41) is 3.24. The summed E-state index contributed by atoms with van der Waals surface area (Å²) in [4.78, 5) is 0. The monoisotopic (exact) mass is 239 g/mol. The number of halogens is 1. The number of hydrogen-bond acceptors (Lipinski definition) is 2. The first-order valence-electron chi connectivity index (χ1n) is 5.38.